The van der Waals surface area contributed by atoms with Crippen molar-refractivity contribution in [1.29, 1.82) is 0 Å². The molecule has 0 fully saturated rings. The number of carbonyl (C=O) groups excluding carboxylic acids is 1. The number of sulfone groups is 1. The minimum absolute atomic E-state index is 0.103. The van der Waals surface area contributed by atoms with E-state index in [2.05, 4.69) is 11.1 Å². The van der Waals surface area contributed by atoms with Crippen molar-refractivity contribution in [3.8, 4) is 0 Å². The summed E-state index contributed by atoms with van der Waals surface area (Å²) >= 11 is 1.43. The van der Waals surface area contributed by atoms with E-state index in [-0.39, 0.29) is 22.9 Å². The van der Waals surface area contributed by atoms with Gasteiger partial charge in [-0.1, -0.05) is 23.5 Å². The number of anilines is 1. The van der Waals surface area contributed by atoms with Gasteiger partial charge < -0.3 is 0 Å². The molecule has 0 radical (unpaired) electrons. The number of aromatic nitrogens is 2. The summed E-state index contributed by atoms with van der Waals surface area (Å²) in [6.07, 6.45) is 2.80. The monoisotopic (exact) mass is 451 g/mol. The Bertz CT molecular complexity index is 1340. The molecule has 0 atom stereocenters. The van der Waals surface area contributed by atoms with Crippen molar-refractivity contribution in [3.05, 3.63) is 83.2 Å². The van der Waals surface area contributed by atoms with Gasteiger partial charge in [0.05, 0.1) is 27.4 Å². The van der Waals surface area contributed by atoms with E-state index in [0.29, 0.717) is 10.8 Å². The van der Waals surface area contributed by atoms with Crippen LogP contribution in [0.15, 0.2) is 65.7 Å². The first-order valence-corrected chi connectivity index (χ1v) is 12.3. The first-order valence-electron chi connectivity index (χ1n) is 9.62. The van der Waals surface area contributed by atoms with Crippen molar-refractivity contribution in [2.75, 3.05) is 11.2 Å². The predicted octanol–water partition coefficient (Wildman–Crippen LogP) is 4.56. The summed E-state index contributed by atoms with van der Waals surface area (Å²) in [5, 5.41) is 0.542. The fourth-order valence-electron chi connectivity index (χ4n) is 3.18. The van der Waals surface area contributed by atoms with Gasteiger partial charge in [0.2, 0.25) is 0 Å². The van der Waals surface area contributed by atoms with Gasteiger partial charge in [0.25, 0.3) is 5.91 Å². The minimum Gasteiger partial charge on any atom is -0.278 e. The first-order chi connectivity index (χ1) is 14.7. The van der Waals surface area contributed by atoms with Crippen LogP contribution in [0.3, 0.4) is 0 Å². The van der Waals surface area contributed by atoms with Crippen molar-refractivity contribution >= 4 is 42.4 Å². The topological polar surface area (TPSA) is 80.2 Å². The largest absolute Gasteiger partial charge is 0.278 e. The third-order valence-electron chi connectivity index (χ3n) is 5.02. The molecule has 6 nitrogen and oxygen atoms in total. The average molecular weight is 452 g/mol. The number of rotatable bonds is 5. The summed E-state index contributed by atoms with van der Waals surface area (Å²) in [6, 6.07) is 15.7. The molecule has 0 bridgehead atoms. The quantitative estimate of drug-likeness (QED) is 0.444. The number of carbonyl (C=O) groups is 1. The standard InChI is InChI=1S/C23H21N3O3S2/c1-15-11-20-21(12-16(15)2)30-23(25-20)26(14-18-8-4-5-10-24-18)22(27)17-7-6-9-19(13-17)31(3,28)29/h4-13H,14H2,1-3H3. The van der Waals surface area contributed by atoms with E-state index in [1.165, 1.54) is 23.5 Å². The lowest BCUT2D eigenvalue weighted by molar-refractivity contribution is 0.0984. The summed E-state index contributed by atoms with van der Waals surface area (Å²) in [7, 11) is -3.43. The highest BCUT2D eigenvalue weighted by atomic mass is 32.2. The average Bonchev–Trinajstić information content (AvgIpc) is 3.14. The molecule has 31 heavy (non-hydrogen) atoms. The second-order valence-corrected chi connectivity index (χ2v) is 10.4. The van der Waals surface area contributed by atoms with Crippen LogP contribution < -0.4 is 4.90 Å². The molecule has 0 saturated carbocycles. The number of amides is 1. The second kappa shape index (κ2) is 8.20. The highest BCUT2D eigenvalue weighted by Crippen LogP contribution is 2.32. The lowest BCUT2D eigenvalue weighted by atomic mass is 10.1. The molecule has 4 rings (SSSR count). The van der Waals surface area contributed by atoms with Gasteiger partial charge in [0, 0.05) is 18.0 Å². The van der Waals surface area contributed by atoms with Gasteiger partial charge in [-0.2, -0.15) is 0 Å². The van der Waals surface area contributed by atoms with E-state index in [9.17, 15) is 13.2 Å². The maximum Gasteiger partial charge on any atom is 0.260 e. The van der Waals surface area contributed by atoms with E-state index < -0.39 is 9.84 Å². The molecule has 8 heteroatoms. The van der Waals surface area contributed by atoms with Crippen molar-refractivity contribution in [2.24, 2.45) is 0 Å². The molecule has 158 valence electrons. The van der Waals surface area contributed by atoms with Gasteiger partial charge in [-0.05, 0) is 67.4 Å². The molecule has 0 saturated heterocycles. The Morgan fingerprint density at radius 3 is 2.52 bits per heavy atom. The molecule has 0 aliphatic carbocycles. The van der Waals surface area contributed by atoms with E-state index in [0.717, 1.165) is 27.6 Å². The molecule has 2 aromatic heterocycles. The van der Waals surface area contributed by atoms with Crippen LogP contribution in [0.5, 0.6) is 0 Å². The van der Waals surface area contributed by atoms with Gasteiger partial charge in [0.15, 0.2) is 15.0 Å². The first kappa shape index (κ1) is 21.1. The highest BCUT2D eigenvalue weighted by Gasteiger charge is 2.23. The Morgan fingerprint density at radius 2 is 1.81 bits per heavy atom. The van der Waals surface area contributed by atoms with Crippen LogP contribution in [0.1, 0.15) is 27.2 Å². The maximum absolute atomic E-state index is 13.5. The number of aryl methyl sites for hydroxylation is 2. The number of benzene rings is 2. The van der Waals surface area contributed by atoms with Crippen molar-refractivity contribution in [3.63, 3.8) is 0 Å². The minimum atomic E-state index is -3.43. The molecule has 0 unspecified atom stereocenters. The maximum atomic E-state index is 13.5. The fourth-order valence-corrected chi connectivity index (χ4v) is 4.89. The molecule has 1 amide bonds. The van der Waals surface area contributed by atoms with Crippen molar-refractivity contribution < 1.29 is 13.2 Å². The fraction of sp³-hybridized carbons (Fsp3) is 0.174. The Kier molecular flexibility index (Phi) is 5.60. The zero-order valence-electron chi connectivity index (χ0n) is 17.4. The molecule has 0 spiro atoms. The number of fused-ring (bicyclic) bond motifs is 1. The van der Waals surface area contributed by atoms with Crippen molar-refractivity contribution in [2.45, 2.75) is 25.3 Å². The van der Waals surface area contributed by atoms with Crippen LogP contribution >= 0.6 is 11.3 Å². The molecule has 2 heterocycles. The number of thiazole rings is 1. The predicted molar refractivity (Wildman–Crippen MR) is 123 cm³/mol. The van der Waals surface area contributed by atoms with Crippen LogP contribution in [0, 0.1) is 13.8 Å². The van der Waals surface area contributed by atoms with Crippen LogP contribution in [-0.2, 0) is 16.4 Å². The van der Waals surface area contributed by atoms with Gasteiger partial charge in [-0.3, -0.25) is 14.7 Å². The smallest absolute Gasteiger partial charge is 0.260 e. The number of nitrogens with zero attached hydrogens (tertiary/aromatic N) is 3. The summed E-state index contributed by atoms with van der Waals surface area (Å²) in [4.78, 5) is 24.2. The van der Waals surface area contributed by atoms with E-state index in [1.54, 1.807) is 23.2 Å². The van der Waals surface area contributed by atoms with E-state index in [1.807, 2.05) is 38.1 Å². The Morgan fingerprint density at radius 1 is 1.03 bits per heavy atom. The van der Waals surface area contributed by atoms with Crippen molar-refractivity contribution in [1.82, 2.24) is 9.97 Å². The molecule has 0 N–H and O–H groups in total. The third kappa shape index (κ3) is 4.50. The van der Waals surface area contributed by atoms with Gasteiger partial charge in [0.1, 0.15) is 0 Å². The molecular weight excluding hydrogens is 430 g/mol. The zero-order chi connectivity index (χ0) is 22.2. The van der Waals surface area contributed by atoms with Gasteiger partial charge in [-0.25, -0.2) is 13.4 Å². The Balaban J connectivity index is 1.81. The number of hydrogen-bond donors (Lipinski definition) is 0. The normalized spacial score (nSPS) is 11.6. The summed E-state index contributed by atoms with van der Waals surface area (Å²) in [6.45, 7) is 4.30. The van der Waals surface area contributed by atoms with Crippen LogP contribution in [0.2, 0.25) is 0 Å². The van der Waals surface area contributed by atoms with Crippen LogP contribution in [0.4, 0.5) is 5.13 Å². The third-order valence-corrected chi connectivity index (χ3v) is 7.18. The molecular formula is C23H21N3O3S2. The lowest BCUT2D eigenvalue weighted by Gasteiger charge is -2.20. The molecule has 0 aliphatic heterocycles. The lowest BCUT2D eigenvalue weighted by Crippen LogP contribution is -2.30. The number of pyridine rings is 1. The summed E-state index contributed by atoms with van der Waals surface area (Å²) < 4.78 is 24.9. The molecule has 2 aromatic carbocycles. The van der Waals surface area contributed by atoms with Gasteiger partial charge in [-0.15, -0.1) is 0 Å². The SMILES string of the molecule is Cc1cc2nc(N(Cc3ccccn3)C(=O)c3cccc(S(C)(=O)=O)c3)sc2cc1C. The second-order valence-electron chi connectivity index (χ2n) is 7.41. The van der Waals surface area contributed by atoms with E-state index >= 15 is 0 Å². The van der Waals surface area contributed by atoms with Crippen LogP contribution in [-0.4, -0.2) is 30.5 Å². The van der Waals surface area contributed by atoms with Crippen LogP contribution in [0.25, 0.3) is 10.2 Å². The number of hydrogen-bond acceptors (Lipinski definition) is 6. The Labute approximate surface area is 185 Å². The molecule has 0 aliphatic rings. The Hall–Kier alpha value is -3.10. The summed E-state index contributed by atoms with van der Waals surface area (Å²) in [5.41, 5.74) is 4.11. The molecule has 4 aromatic rings. The zero-order valence-corrected chi connectivity index (χ0v) is 19.0. The summed E-state index contributed by atoms with van der Waals surface area (Å²) in [5.74, 6) is -0.330. The highest BCUT2D eigenvalue weighted by molar-refractivity contribution is 7.90. The van der Waals surface area contributed by atoms with E-state index in [4.69, 9.17) is 4.98 Å². The van der Waals surface area contributed by atoms with Gasteiger partial charge >= 0.3 is 0 Å².